The van der Waals surface area contributed by atoms with Gasteiger partial charge in [0.25, 0.3) is 0 Å². The fraction of sp³-hybridized carbons (Fsp3) is 0.467. The lowest BCUT2D eigenvalue weighted by Gasteiger charge is -2.19. The fourth-order valence-corrected chi connectivity index (χ4v) is 3.15. The Balaban J connectivity index is 1.91. The van der Waals surface area contributed by atoms with Gasteiger partial charge >= 0.3 is 0 Å². The molecule has 0 N–H and O–H groups in total. The van der Waals surface area contributed by atoms with Crippen molar-refractivity contribution >= 4 is 17.5 Å². The largest absolute Gasteiger partial charge is 0.497 e. The molecule has 3 rings (SSSR count). The minimum Gasteiger partial charge on any atom is -0.497 e. The molecule has 0 radical (unpaired) electrons. The van der Waals surface area contributed by atoms with Crippen molar-refractivity contribution in [1.29, 1.82) is 0 Å². The number of methoxy groups -OCH3 is 1. The van der Waals surface area contributed by atoms with E-state index in [0.29, 0.717) is 5.69 Å². The van der Waals surface area contributed by atoms with Gasteiger partial charge in [-0.25, -0.2) is 0 Å². The SMILES string of the molecule is COc1ccc(N2C(=O)[C@H]3CCCC[C@@H]3C2=O)cc1. The Bertz CT molecular complexity index is 485. The van der Waals surface area contributed by atoms with Gasteiger partial charge < -0.3 is 4.74 Å². The van der Waals surface area contributed by atoms with Crippen LogP contribution in [0.1, 0.15) is 25.7 Å². The zero-order valence-electron chi connectivity index (χ0n) is 11.0. The second kappa shape index (κ2) is 4.68. The average molecular weight is 259 g/mol. The van der Waals surface area contributed by atoms with Gasteiger partial charge in [0, 0.05) is 0 Å². The number of anilines is 1. The maximum absolute atomic E-state index is 12.4. The Morgan fingerprint density at radius 3 is 2.00 bits per heavy atom. The van der Waals surface area contributed by atoms with Crippen molar-refractivity contribution in [3.05, 3.63) is 24.3 Å². The zero-order valence-corrected chi connectivity index (χ0v) is 11.0. The summed E-state index contributed by atoms with van der Waals surface area (Å²) >= 11 is 0. The van der Waals surface area contributed by atoms with E-state index in [9.17, 15) is 9.59 Å². The van der Waals surface area contributed by atoms with Crippen LogP contribution in [0.2, 0.25) is 0 Å². The summed E-state index contributed by atoms with van der Waals surface area (Å²) in [6.07, 6.45) is 3.80. The summed E-state index contributed by atoms with van der Waals surface area (Å²) in [5, 5.41) is 0. The number of nitrogens with zero attached hydrogens (tertiary/aromatic N) is 1. The molecule has 2 atom stereocenters. The van der Waals surface area contributed by atoms with E-state index in [4.69, 9.17) is 4.74 Å². The third-order valence-electron chi connectivity index (χ3n) is 4.17. The van der Waals surface area contributed by atoms with E-state index in [1.807, 2.05) is 0 Å². The van der Waals surface area contributed by atoms with Crippen LogP contribution in [-0.4, -0.2) is 18.9 Å². The van der Waals surface area contributed by atoms with E-state index in [-0.39, 0.29) is 23.7 Å². The van der Waals surface area contributed by atoms with Gasteiger partial charge in [-0.2, -0.15) is 0 Å². The van der Waals surface area contributed by atoms with Crippen LogP contribution in [0.4, 0.5) is 5.69 Å². The highest BCUT2D eigenvalue weighted by molar-refractivity contribution is 6.22. The first-order valence-electron chi connectivity index (χ1n) is 6.74. The summed E-state index contributed by atoms with van der Waals surface area (Å²) in [5.41, 5.74) is 0.658. The molecule has 1 aromatic rings. The van der Waals surface area contributed by atoms with Gasteiger partial charge in [0.05, 0.1) is 24.6 Å². The molecule has 0 spiro atoms. The minimum atomic E-state index is -0.0941. The molecule has 1 heterocycles. The number of benzene rings is 1. The summed E-state index contributed by atoms with van der Waals surface area (Å²) in [6.45, 7) is 0. The van der Waals surface area contributed by atoms with Crippen LogP contribution < -0.4 is 9.64 Å². The predicted octanol–water partition coefficient (Wildman–Crippen LogP) is 2.37. The molecule has 0 aromatic heterocycles. The Morgan fingerprint density at radius 1 is 1.00 bits per heavy atom. The third-order valence-corrected chi connectivity index (χ3v) is 4.17. The first-order valence-corrected chi connectivity index (χ1v) is 6.74. The molecule has 0 unspecified atom stereocenters. The van der Waals surface area contributed by atoms with Gasteiger partial charge in [-0.3, -0.25) is 14.5 Å². The third kappa shape index (κ3) is 1.91. The second-order valence-electron chi connectivity index (χ2n) is 5.21. The molecule has 19 heavy (non-hydrogen) atoms. The van der Waals surface area contributed by atoms with Gasteiger partial charge in [-0.05, 0) is 37.1 Å². The molecule has 0 bridgehead atoms. The minimum absolute atomic E-state index is 0.0279. The summed E-state index contributed by atoms with van der Waals surface area (Å²) in [7, 11) is 1.59. The molecule has 4 nitrogen and oxygen atoms in total. The highest BCUT2D eigenvalue weighted by Crippen LogP contribution is 2.40. The van der Waals surface area contributed by atoms with Crippen molar-refractivity contribution in [3.8, 4) is 5.75 Å². The van der Waals surface area contributed by atoms with Gasteiger partial charge in [0.15, 0.2) is 0 Å². The molecule has 100 valence electrons. The highest BCUT2D eigenvalue weighted by atomic mass is 16.5. The van der Waals surface area contributed by atoms with Gasteiger partial charge in [0.1, 0.15) is 5.75 Å². The topological polar surface area (TPSA) is 46.6 Å². The fourth-order valence-electron chi connectivity index (χ4n) is 3.15. The number of amides is 2. The second-order valence-corrected chi connectivity index (χ2v) is 5.21. The smallest absolute Gasteiger partial charge is 0.237 e. The number of carbonyl (C=O) groups excluding carboxylic acids is 2. The molecule has 4 heteroatoms. The first kappa shape index (κ1) is 12.2. The van der Waals surface area contributed by atoms with E-state index < -0.39 is 0 Å². The van der Waals surface area contributed by atoms with Crippen molar-refractivity contribution in [2.45, 2.75) is 25.7 Å². The molecular weight excluding hydrogens is 242 g/mol. The van der Waals surface area contributed by atoms with Gasteiger partial charge in [0.2, 0.25) is 11.8 Å². The number of rotatable bonds is 2. The van der Waals surface area contributed by atoms with Gasteiger partial charge in [-0.15, -0.1) is 0 Å². The summed E-state index contributed by atoms with van der Waals surface area (Å²) in [5.74, 6) is 0.478. The van der Waals surface area contributed by atoms with Crippen LogP contribution in [0.25, 0.3) is 0 Å². The number of hydrogen-bond acceptors (Lipinski definition) is 3. The highest BCUT2D eigenvalue weighted by Gasteiger charge is 2.48. The number of imide groups is 1. The number of hydrogen-bond donors (Lipinski definition) is 0. The Morgan fingerprint density at radius 2 is 1.53 bits per heavy atom. The van der Waals surface area contributed by atoms with Crippen molar-refractivity contribution < 1.29 is 14.3 Å². The monoisotopic (exact) mass is 259 g/mol. The zero-order chi connectivity index (χ0) is 13.4. The Labute approximate surface area is 112 Å². The normalized spacial score (nSPS) is 26.5. The standard InChI is InChI=1S/C15H17NO3/c1-19-11-8-6-10(7-9-11)16-14(17)12-4-2-3-5-13(12)15(16)18/h6-9,12-13H,2-5H2,1H3/t12-,13-/m0/s1. The molecule has 1 aliphatic heterocycles. The first-order chi connectivity index (χ1) is 9.22. The van der Waals surface area contributed by atoms with E-state index in [2.05, 4.69) is 0 Å². The summed E-state index contributed by atoms with van der Waals surface area (Å²) < 4.78 is 5.09. The molecule has 2 aliphatic rings. The lowest BCUT2D eigenvalue weighted by molar-refractivity contribution is -0.122. The maximum atomic E-state index is 12.4. The molecule has 1 aliphatic carbocycles. The molecular formula is C15H17NO3. The molecule has 1 saturated carbocycles. The summed E-state index contributed by atoms with van der Waals surface area (Å²) in [4.78, 5) is 26.1. The average Bonchev–Trinajstić information content (AvgIpc) is 2.72. The molecule has 1 aromatic carbocycles. The number of ether oxygens (including phenoxy) is 1. The Kier molecular flexibility index (Phi) is 3.01. The van der Waals surface area contributed by atoms with Crippen LogP contribution in [0.5, 0.6) is 5.75 Å². The predicted molar refractivity (Wildman–Crippen MR) is 70.9 cm³/mol. The molecule has 2 fully saturated rings. The van der Waals surface area contributed by atoms with Crippen molar-refractivity contribution in [1.82, 2.24) is 0 Å². The van der Waals surface area contributed by atoms with E-state index in [0.717, 1.165) is 31.4 Å². The number of fused-ring (bicyclic) bond motifs is 1. The molecule has 2 amide bonds. The van der Waals surface area contributed by atoms with E-state index >= 15 is 0 Å². The van der Waals surface area contributed by atoms with Crippen LogP contribution in [0, 0.1) is 11.8 Å². The van der Waals surface area contributed by atoms with E-state index in [1.165, 1.54) is 4.90 Å². The van der Waals surface area contributed by atoms with Gasteiger partial charge in [-0.1, -0.05) is 12.8 Å². The van der Waals surface area contributed by atoms with E-state index in [1.54, 1.807) is 31.4 Å². The lowest BCUT2D eigenvalue weighted by Crippen LogP contribution is -2.30. The maximum Gasteiger partial charge on any atom is 0.237 e. The van der Waals surface area contributed by atoms with Crippen LogP contribution >= 0.6 is 0 Å². The molecule has 1 saturated heterocycles. The lowest BCUT2D eigenvalue weighted by atomic mass is 9.81. The number of carbonyl (C=O) groups is 2. The summed E-state index contributed by atoms with van der Waals surface area (Å²) in [6, 6.07) is 7.09. The van der Waals surface area contributed by atoms with Crippen molar-refractivity contribution in [3.63, 3.8) is 0 Å². The van der Waals surface area contributed by atoms with Crippen LogP contribution in [0.15, 0.2) is 24.3 Å². The van der Waals surface area contributed by atoms with Crippen LogP contribution in [0.3, 0.4) is 0 Å². The van der Waals surface area contributed by atoms with Crippen LogP contribution in [-0.2, 0) is 9.59 Å². The quantitative estimate of drug-likeness (QED) is 0.766. The van der Waals surface area contributed by atoms with Crippen molar-refractivity contribution in [2.75, 3.05) is 12.0 Å². The van der Waals surface area contributed by atoms with Crippen molar-refractivity contribution in [2.24, 2.45) is 11.8 Å². The Hall–Kier alpha value is -1.84.